The van der Waals surface area contributed by atoms with E-state index in [9.17, 15) is 0 Å². The van der Waals surface area contributed by atoms with Crippen molar-refractivity contribution in [1.29, 1.82) is 0 Å². The van der Waals surface area contributed by atoms with E-state index in [4.69, 9.17) is 0 Å². The Morgan fingerprint density at radius 2 is 0.564 bits per heavy atom. The van der Waals surface area contributed by atoms with E-state index >= 15 is 0 Å². The minimum atomic E-state index is -0.828. The van der Waals surface area contributed by atoms with Gasteiger partial charge in [0.15, 0.2) is 0 Å². The zero-order valence-electron chi connectivity index (χ0n) is 24.9. The largest absolute Gasteiger partial charge is 0.259 e. The van der Waals surface area contributed by atoms with Crippen molar-refractivity contribution >= 4 is 37.4 Å². The van der Waals surface area contributed by atoms with Gasteiger partial charge in [-0.1, -0.05) is 152 Å². The van der Waals surface area contributed by atoms with Crippen LogP contribution in [0.25, 0.3) is 0 Å². The first-order valence-corrected chi connectivity index (χ1v) is 17.1. The van der Waals surface area contributed by atoms with Gasteiger partial charge in [0.1, 0.15) is 0 Å². The summed E-state index contributed by atoms with van der Waals surface area (Å²) in [7, 11) is -1.66. The van der Waals surface area contributed by atoms with Gasteiger partial charge in [0.2, 0.25) is 0 Å². The van der Waals surface area contributed by atoms with E-state index in [1.54, 1.807) is 0 Å². The van der Waals surface area contributed by atoms with Gasteiger partial charge >= 0.3 is 0 Å². The van der Waals surface area contributed by atoms with Gasteiger partial charge in [0.05, 0.1) is 0 Å². The second-order valence-corrected chi connectivity index (χ2v) is 15.7. The predicted molar refractivity (Wildman–Crippen MR) is 178 cm³/mol. The molecular formula is C36H45NP2. The summed E-state index contributed by atoms with van der Waals surface area (Å²) < 4.78 is 0. The molecular weight excluding hydrogens is 508 g/mol. The molecule has 0 spiro atoms. The van der Waals surface area contributed by atoms with Gasteiger partial charge in [-0.05, 0) is 67.1 Å². The van der Waals surface area contributed by atoms with Crippen LogP contribution >= 0.6 is 16.1 Å². The number of hydrogen-bond donors (Lipinski definition) is 1. The van der Waals surface area contributed by atoms with Crippen molar-refractivity contribution in [2.45, 2.75) is 79.1 Å². The van der Waals surface area contributed by atoms with Gasteiger partial charge in [-0.3, -0.25) is 4.86 Å². The Hall–Kier alpha value is -2.30. The first-order chi connectivity index (χ1) is 18.7. The van der Waals surface area contributed by atoms with Gasteiger partial charge in [-0.25, -0.2) is 0 Å². The summed E-state index contributed by atoms with van der Waals surface area (Å²) in [5.41, 5.74) is 5.77. The van der Waals surface area contributed by atoms with Crippen LogP contribution in [0.2, 0.25) is 0 Å². The Labute approximate surface area is 240 Å². The summed E-state index contributed by atoms with van der Waals surface area (Å²) in [5, 5.41) is 5.80. The second-order valence-electron chi connectivity index (χ2n) is 11.6. The fraction of sp³-hybridized carbons (Fsp3) is 0.333. The van der Waals surface area contributed by atoms with Gasteiger partial charge in [-0.2, -0.15) is 0 Å². The molecule has 0 aromatic heterocycles. The highest BCUT2D eigenvalue weighted by Crippen LogP contribution is 2.47. The van der Waals surface area contributed by atoms with Crippen molar-refractivity contribution in [3.8, 4) is 0 Å². The summed E-state index contributed by atoms with van der Waals surface area (Å²) in [4.78, 5) is 4.43. The van der Waals surface area contributed by atoms with Gasteiger partial charge < -0.3 is 0 Å². The molecule has 0 unspecified atom stereocenters. The van der Waals surface area contributed by atoms with Crippen LogP contribution in [0.5, 0.6) is 0 Å². The summed E-state index contributed by atoms with van der Waals surface area (Å²) in [6.45, 7) is 18.6. The van der Waals surface area contributed by atoms with Crippen LogP contribution in [0.4, 0.5) is 0 Å². The molecule has 0 saturated heterocycles. The van der Waals surface area contributed by atoms with E-state index in [-0.39, 0.29) is 0 Å². The summed E-state index contributed by atoms with van der Waals surface area (Å²) in [6.07, 6.45) is 0. The molecule has 4 aromatic carbocycles. The SMILES string of the molecule is CC(C)c1ccccc1P(NP(c1ccccc1C(C)C)c1ccccc1C(C)C)c1ccccc1C(C)C. The van der Waals surface area contributed by atoms with E-state index in [0.717, 1.165) is 0 Å². The average molecular weight is 554 g/mol. The standard InChI is InChI=1S/C36H45NP2/c1-25(2)29-17-9-13-21-33(29)38(34-22-14-10-18-30(34)26(3)4)37-39(35-23-15-11-19-31(35)27(5)6)36-24-16-12-20-32(36)28(7)8/h9-28,37H,1-8H3. The number of rotatable bonds is 10. The van der Waals surface area contributed by atoms with Crippen molar-refractivity contribution in [3.05, 3.63) is 119 Å². The molecule has 1 N–H and O–H groups in total. The molecule has 0 heterocycles. The molecule has 0 saturated carbocycles. The maximum atomic E-state index is 4.43. The molecule has 0 bridgehead atoms. The topological polar surface area (TPSA) is 12.0 Å². The van der Waals surface area contributed by atoms with Crippen molar-refractivity contribution in [1.82, 2.24) is 4.86 Å². The summed E-state index contributed by atoms with van der Waals surface area (Å²) in [5.74, 6) is 1.82. The molecule has 0 aliphatic rings. The second kappa shape index (κ2) is 13.4. The third kappa shape index (κ3) is 6.72. The van der Waals surface area contributed by atoms with Crippen LogP contribution in [0.1, 0.15) is 101 Å². The molecule has 204 valence electrons. The molecule has 0 atom stereocenters. The first-order valence-electron chi connectivity index (χ1n) is 14.4. The lowest BCUT2D eigenvalue weighted by atomic mass is 10.0. The smallest absolute Gasteiger partial charge is 0.0300 e. The number of hydrogen-bond acceptors (Lipinski definition) is 1. The predicted octanol–water partition coefficient (Wildman–Crippen LogP) is 9.17. The molecule has 0 radical (unpaired) electrons. The zero-order valence-corrected chi connectivity index (χ0v) is 26.7. The van der Waals surface area contributed by atoms with E-state index in [2.05, 4.69) is 157 Å². The highest BCUT2D eigenvalue weighted by atomic mass is 31.2. The Balaban J connectivity index is 2.01. The summed E-state index contributed by atoms with van der Waals surface area (Å²) >= 11 is 0. The Kier molecular flexibility index (Phi) is 10.2. The molecule has 4 rings (SSSR count). The first kappa shape index (κ1) is 29.7. The Morgan fingerprint density at radius 1 is 0.359 bits per heavy atom. The lowest BCUT2D eigenvalue weighted by Crippen LogP contribution is -2.32. The van der Waals surface area contributed by atoms with Crippen LogP contribution in [0, 0.1) is 0 Å². The van der Waals surface area contributed by atoms with Gasteiger partial charge in [-0.15, -0.1) is 0 Å². The third-order valence-electron chi connectivity index (χ3n) is 7.40. The quantitative estimate of drug-likeness (QED) is 0.193. The Bertz CT molecular complexity index is 1160. The van der Waals surface area contributed by atoms with Crippen LogP contribution in [-0.2, 0) is 0 Å². The molecule has 0 aliphatic heterocycles. The highest BCUT2D eigenvalue weighted by molar-refractivity contribution is 7.85. The minimum Gasteiger partial charge on any atom is -0.259 e. The molecule has 39 heavy (non-hydrogen) atoms. The van der Waals surface area contributed by atoms with Gasteiger partial charge in [0.25, 0.3) is 0 Å². The fourth-order valence-electron chi connectivity index (χ4n) is 5.29. The number of benzene rings is 4. The maximum absolute atomic E-state index is 4.43. The van der Waals surface area contributed by atoms with E-state index < -0.39 is 16.1 Å². The van der Waals surface area contributed by atoms with Gasteiger partial charge in [0, 0.05) is 16.1 Å². The molecule has 0 amide bonds. The number of nitrogens with one attached hydrogen (secondary N) is 1. The van der Waals surface area contributed by atoms with Crippen LogP contribution in [0.15, 0.2) is 97.1 Å². The molecule has 3 heteroatoms. The van der Waals surface area contributed by atoms with Crippen molar-refractivity contribution < 1.29 is 0 Å². The lowest BCUT2D eigenvalue weighted by Gasteiger charge is -2.33. The van der Waals surface area contributed by atoms with Crippen LogP contribution < -0.4 is 26.1 Å². The van der Waals surface area contributed by atoms with Crippen LogP contribution in [-0.4, -0.2) is 0 Å². The van der Waals surface area contributed by atoms with Crippen LogP contribution in [0.3, 0.4) is 0 Å². The van der Waals surface area contributed by atoms with Crippen molar-refractivity contribution in [2.75, 3.05) is 0 Å². The molecule has 1 nitrogen and oxygen atoms in total. The monoisotopic (exact) mass is 553 g/mol. The van der Waals surface area contributed by atoms with Crippen molar-refractivity contribution in [3.63, 3.8) is 0 Å². The fourth-order valence-corrected chi connectivity index (χ4v) is 11.6. The Morgan fingerprint density at radius 3 is 0.769 bits per heavy atom. The molecule has 0 aliphatic carbocycles. The highest BCUT2D eigenvalue weighted by Gasteiger charge is 2.29. The minimum absolute atomic E-state index is 0.455. The van der Waals surface area contributed by atoms with E-state index in [1.807, 2.05) is 0 Å². The molecule has 0 fully saturated rings. The van der Waals surface area contributed by atoms with Crippen molar-refractivity contribution in [2.24, 2.45) is 0 Å². The average Bonchev–Trinajstić information content (AvgIpc) is 2.93. The zero-order chi connectivity index (χ0) is 28.1. The summed E-state index contributed by atoms with van der Waals surface area (Å²) in [6, 6.07) is 36.5. The molecule has 4 aromatic rings. The third-order valence-corrected chi connectivity index (χ3v) is 12.6. The van der Waals surface area contributed by atoms with E-state index in [1.165, 1.54) is 43.5 Å². The van der Waals surface area contributed by atoms with E-state index in [0.29, 0.717) is 23.7 Å². The normalized spacial score (nSPS) is 12.1. The maximum Gasteiger partial charge on any atom is 0.0300 e. The lowest BCUT2D eigenvalue weighted by molar-refractivity contribution is 0.871.